The highest BCUT2D eigenvalue weighted by molar-refractivity contribution is 7.92. The van der Waals surface area contributed by atoms with E-state index in [1.165, 1.54) is 36.3 Å². The predicted octanol–water partition coefficient (Wildman–Crippen LogP) is 7.06. The molecule has 0 unspecified atom stereocenters. The summed E-state index contributed by atoms with van der Waals surface area (Å²) in [6.45, 7) is 6.84. The van der Waals surface area contributed by atoms with Gasteiger partial charge in [0.1, 0.15) is 18.3 Å². The number of amides is 2. The molecule has 4 rings (SSSR count). The van der Waals surface area contributed by atoms with Crippen LogP contribution in [0.2, 0.25) is 10.0 Å². The van der Waals surface area contributed by atoms with Crippen molar-refractivity contribution in [3.63, 3.8) is 0 Å². The van der Waals surface area contributed by atoms with Crippen LogP contribution >= 0.6 is 23.2 Å². The molecule has 0 saturated heterocycles. The molecule has 0 aliphatic heterocycles. The van der Waals surface area contributed by atoms with E-state index in [1.54, 1.807) is 42.5 Å². The lowest BCUT2D eigenvalue weighted by Crippen LogP contribution is -2.56. The Morgan fingerprint density at radius 1 is 0.872 bits per heavy atom. The van der Waals surface area contributed by atoms with Gasteiger partial charge in [0.25, 0.3) is 10.0 Å². The predicted molar refractivity (Wildman–Crippen MR) is 188 cm³/mol. The van der Waals surface area contributed by atoms with Crippen LogP contribution in [0.25, 0.3) is 0 Å². The monoisotopic (exact) mass is 695 g/mol. The van der Waals surface area contributed by atoms with Gasteiger partial charge in [-0.15, -0.1) is 0 Å². The molecule has 1 N–H and O–H groups in total. The van der Waals surface area contributed by atoms with E-state index < -0.39 is 34.1 Å². The summed E-state index contributed by atoms with van der Waals surface area (Å²) in [5.41, 5.74) is 1.99. The highest BCUT2D eigenvalue weighted by Gasteiger charge is 2.35. The summed E-state index contributed by atoms with van der Waals surface area (Å²) in [7, 11) is -2.83. The lowest BCUT2D eigenvalue weighted by Gasteiger charge is -2.35. The average Bonchev–Trinajstić information content (AvgIpc) is 3.02. The number of carbonyl (C=O) groups excluding carboxylic acids is 2. The van der Waals surface area contributed by atoms with Gasteiger partial charge >= 0.3 is 0 Å². The molecule has 248 valence electrons. The van der Waals surface area contributed by atoms with Crippen molar-refractivity contribution >= 4 is 50.7 Å². The lowest BCUT2D eigenvalue weighted by molar-refractivity contribution is -0.140. The number of halogens is 2. The van der Waals surface area contributed by atoms with Gasteiger partial charge in [0.2, 0.25) is 11.8 Å². The Labute approximate surface area is 287 Å². The standard InChI is InChI=1S/C36H39Cl2N3O5S/c1-25-11-18-30(19-12-25)47(44,45)41(29-17-20-33(46-5)31(38)22-29)24-34(42)40(23-27-13-15-28(37)16-14-27)32(35(43)39-36(2,3)4)21-26-9-7-6-8-10-26/h6-20,22,32H,21,23-24H2,1-5H3,(H,39,43)/t32-/m1/s1. The number of anilines is 1. The van der Waals surface area contributed by atoms with Crippen molar-refractivity contribution in [3.8, 4) is 5.75 Å². The largest absolute Gasteiger partial charge is 0.495 e. The number of sulfonamides is 1. The molecule has 2 amide bonds. The molecule has 1 atom stereocenters. The minimum absolute atomic E-state index is 0.00148. The highest BCUT2D eigenvalue weighted by atomic mass is 35.5. The Balaban J connectivity index is 1.84. The van der Waals surface area contributed by atoms with Gasteiger partial charge in [-0.05, 0) is 81.3 Å². The van der Waals surface area contributed by atoms with E-state index >= 15 is 0 Å². The van der Waals surface area contributed by atoms with Crippen molar-refractivity contribution in [1.29, 1.82) is 0 Å². The molecule has 0 radical (unpaired) electrons. The van der Waals surface area contributed by atoms with Crippen LogP contribution in [0.1, 0.15) is 37.5 Å². The van der Waals surface area contributed by atoms with E-state index in [9.17, 15) is 18.0 Å². The Bertz CT molecular complexity index is 1790. The Morgan fingerprint density at radius 2 is 1.51 bits per heavy atom. The van der Waals surface area contributed by atoms with Gasteiger partial charge in [-0.1, -0.05) is 83.4 Å². The van der Waals surface area contributed by atoms with Crippen LogP contribution in [-0.2, 0) is 32.6 Å². The van der Waals surface area contributed by atoms with Crippen molar-refractivity contribution in [2.75, 3.05) is 18.0 Å². The number of methoxy groups -OCH3 is 1. The maximum absolute atomic E-state index is 14.6. The molecule has 4 aromatic carbocycles. The first-order chi connectivity index (χ1) is 22.2. The zero-order valence-electron chi connectivity index (χ0n) is 27.0. The van der Waals surface area contributed by atoms with E-state index in [0.29, 0.717) is 16.3 Å². The van der Waals surface area contributed by atoms with Gasteiger partial charge in [-0.25, -0.2) is 8.42 Å². The molecular formula is C36H39Cl2N3O5S. The molecule has 11 heteroatoms. The summed E-state index contributed by atoms with van der Waals surface area (Å²) in [5.74, 6) is -0.614. The molecule has 0 heterocycles. The Morgan fingerprint density at radius 3 is 2.09 bits per heavy atom. The van der Waals surface area contributed by atoms with E-state index in [0.717, 1.165) is 15.4 Å². The van der Waals surface area contributed by atoms with Crippen LogP contribution in [0.3, 0.4) is 0 Å². The number of hydrogen-bond acceptors (Lipinski definition) is 5. The van der Waals surface area contributed by atoms with Crippen molar-refractivity contribution in [1.82, 2.24) is 10.2 Å². The van der Waals surface area contributed by atoms with Gasteiger partial charge in [0, 0.05) is 23.5 Å². The second kappa shape index (κ2) is 15.2. The third-order valence-corrected chi connectivity index (χ3v) is 9.68. The molecule has 0 bridgehead atoms. The first-order valence-electron chi connectivity index (χ1n) is 15.0. The molecule has 0 saturated carbocycles. The number of nitrogens with zero attached hydrogens (tertiary/aromatic N) is 2. The fourth-order valence-electron chi connectivity index (χ4n) is 4.97. The molecular weight excluding hydrogens is 657 g/mol. The summed E-state index contributed by atoms with van der Waals surface area (Å²) in [6, 6.07) is 26.2. The van der Waals surface area contributed by atoms with E-state index in [2.05, 4.69) is 5.32 Å². The normalized spacial score (nSPS) is 12.2. The third-order valence-electron chi connectivity index (χ3n) is 7.35. The van der Waals surface area contributed by atoms with Crippen LogP contribution in [0.5, 0.6) is 5.75 Å². The first-order valence-corrected chi connectivity index (χ1v) is 17.2. The quantitative estimate of drug-likeness (QED) is 0.171. The lowest BCUT2D eigenvalue weighted by atomic mass is 10.0. The second-order valence-electron chi connectivity index (χ2n) is 12.2. The molecule has 47 heavy (non-hydrogen) atoms. The fourth-order valence-corrected chi connectivity index (χ4v) is 6.75. The molecule has 0 aliphatic rings. The molecule has 0 aromatic heterocycles. The van der Waals surface area contributed by atoms with Crippen molar-refractivity contribution in [2.24, 2.45) is 0 Å². The van der Waals surface area contributed by atoms with Crippen molar-refractivity contribution in [2.45, 2.75) is 57.1 Å². The van der Waals surface area contributed by atoms with Crippen molar-refractivity contribution in [3.05, 3.63) is 124 Å². The summed E-state index contributed by atoms with van der Waals surface area (Å²) < 4.78 is 34.8. The van der Waals surface area contributed by atoms with E-state index in [1.807, 2.05) is 58.0 Å². The number of nitrogens with one attached hydrogen (secondary N) is 1. The first kappa shape index (κ1) is 35.8. The highest BCUT2D eigenvalue weighted by Crippen LogP contribution is 2.32. The molecule has 0 aliphatic carbocycles. The Kier molecular flexibility index (Phi) is 11.6. The molecule has 8 nitrogen and oxygen atoms in total. The van der Waals surface area contributed by atoms with Crippen LogP contribution in [-0.4, -0.2) is 50.4 Å². The Hall–Kier alpha value is -4.05. The smallest absolute Gasteiger partial charge is 0.264 e. The van der Waals surface area contributed by atoms with Gasteiger partial charge < -0.3 is 15.0 Å². The minimum Gasteiger partial charge on any atom is -0.495 e. The van der Waals surface area contributed by atoms with Gasteiger partial charge in [-0.3, -0.25) is 13.9 Å². The van der Waals surface area contributed by atoms with E-state index in [4.69, 9.17) is 27.9 Å². The topological polar surface area (TPSA) is 96.0 Å². The van der Waals surface area contributed by atoms with Crippen LogP contribution in [0, 0.1) is 6.92 Å². The number of aryl methyl sites for hydroxylation is 1. The number of ether oxygens (including phenoxy) is 1. The fraction of sp³-hybridized carbons (Fsp3) is 0.278. The maximum Gasteiger partial charge on any atom is 0.264 e. The van der Waals surface area contributed by atoms with E-state index in [-0.39, 0.29) is 34.5 Å². The van der Waals surface area contributed by atoms with Gasteiger partial charge in [-0.2, -0.15) is 0 Å². The van der Waals surface area contributed by atoms with Crippen LogP contribution in [0.15, 0.2) is 102 Å². The molecule has 0 spiro atoms. The number of rotatable bonds is 12. The summed E-state index contributed by atoms with van der Waals surface area (Å²) in [4.78, 5) is 30.0. The zero-order chi connectivity index (χ0) is 34.4. The summed E-state index contributed by atoms with van der Waals surface area (Å²) in [5, 5.41) is 3.71. The number of benzene rings is 4. The second-order valence-corrected chi connectivity index (χ2v) is 14.9. The summed E-state index contributed by atoms with van der Waals surface area (Å²) >= 11 is 12.6. The third kappa shape index (κ3) is 9.50. The SMILES string of the molecule is COc1ccc(N(CC(=O)N(Cc2ccc(Cl)cc2)[C@H](Cc2ccccc2)C(=O)NC(C)(C)C)S(=O)(=O)c2ccc(C)cc2)cc1Cl. The van der Waals surface area contributed by atoms with Gasteiger partial charge in [0.15, 0.2) is 0 Å². The average molecular weight is 697 g/mol. The number of carbonyl (C=O) groups is 2. The molecule has 0 fully saturated rings. The maximum atomic E-state index is 14.6. The minimum atomic E-state index is -4.28. The zero-order valence-corrected chi connectivity index (χ0v) is 29.4. The van der Waals surface area contributed by atoms with Gasteiger partial charge in [0.05, 0.1) is 22.7 Å². The number of hydrogen-bond donors (Lipinski definition) is 1. The summed E-state index contributed by atoms with van der Waals surface area (Å²) in [6.07, 6.45) is 0.196. The van der Waals surface area contributed by atoms with Crippen molar-refractivity contribution < 1.29 is 22.7 Å². The van der Waals surface area contributed by atoms with Crippen LogP contribution < -0.4 is 14.4 Å². The van der Waals surface area contributed by atoms with Crippen LogP contribution in [0.4, 0.5) is 5.69 Å². The molecule has 4 aromatic rings.